The van der Waals surface area contributed by atoms with E-state index in [0.717, 1.165) is 95.1 Å². The van der Waals surface area contributed by atoms with Crippen LogP contribution >= 0.6 is 0 Å². The van der Waals surface area contributed by atoms with Gasteiger partial charge >= 0.3 is 0 Å². The summed E-state index contributed by atoms with van der Waals surface area (Å²) in [5.74, 6) is 4.60. The van der Waals surface area contributed by atoms with Crippen molar-refractivity contribution < 1.29 is 9.47 Å². The molecule has 10 nitrogen and oxygen atoms in total. The fourth-order valence-electron chi connectivity index (χ4n) is 14.5. The minimum Gasteiger partial charge on any atom is -0.490 e. The zero-order valence-corrected chi connectivity index (χ0v) is 74.1. The molecule has 0 N–H and O–H groups in total. The highest BCUT2D eigenvalue weighted by Gasteiger charge is 2.18. The first-order chi connectivity index (χ1) is 56.3. The Balaban J connectivity index is 0.000000219. The zero-order chi connectivity index (χ0) is 81.4. The van der Waals surface area contributed by atoms with Gasteiger partial charge in [-0.1, -0.05) is 409 Å². The molecule has 0 fully saturated rings. The van der Waals surface area contributed by atoms with Crippen LogP contribution in [0.1, 0.15) is 293 Å². The second-order valence-electron chi connectivity index (χ2n) is 33.0. The molecule has 0 amide bonds. The lowest BCUT2D eigenvalue weighted by Gasteiger charge is -2.21. The van der Waals surface area contributed by atoms with Gasteiger partial charge < -0.3 is 9.47 Å². The van der Waals surface area contributed by atoms with Gasteiger partial charge in [0, 0.05) is 55.1 Å². The van der Waals surface area contributed by atoms with Crippen molar-refractivity contribution in [1.29, 1.82) is 0 Å². The first-order valence-electron chi connectivity index (χ1n) is 45.4. The van der Waals surface area contributed by atoms with Gasteiger partial charge in [0.2, 0.25) is 0 Å². The van der Waals surface area contributed by atoms with Crippen LogP contribution in [0.3, 0.4) is 0 Å². The van der Waals surface area contributed by atoms with Gasteiger partial charge in [-0.15, -0.1) is 0 Å². The molecule has 10 rings (SSSR count). The van der Waals surface area contributed by atoms with Gasteiger partial charge in [-0.05, 0) is 117 Å². The average Bonchev–Trinajstić information content (AvgIpc) is 0.804. The summed E-state index contributed by atoms with van der Waals surface area (Å²) in [6, 6.07) is 54.8. The summed E-state index contributed by atoms with van der Waals surface area (Å²) in [5.41, 5.74) is 16.9. The second kappa shape index (κ2) is 57.5. The number of benzene rings is 6. The van der Waals surface area contributed by atoms with Crippen molar-refractivity contribution in [2.45, 2.75) is 325 Å². The number of aromatic nitrogens is 8. The summed E-state index contributed by atoms with van der Waals surface area (Å²) < 4.78 is 11.6. The van der Waals surface area contributed by atoms with Gasteiger partial charge in [0.1, 0.15) is 0 Å². The molecule has 0 aliphatic heterocycles. The van der Waals surface area contributed by atoms with Gasteiger partial charge in [-0.25, -0.2) is 39.9 Å². The monoisotopic (exact) mass is 1570 g/mol. The molecule has 4 aromatic heterocycles. The van der Waals surface area contributed by atoms with E-state index in [1.54, 1.807) is 24.8 Å². The predicted octanol–water partition coefficient (Wildman–Crippen LogP) is 30.7. The summed E-state index contributed by atoms with van der Waals surface area (Å²) in [4.78, 5) is 35.8. The summed E-state index contributed by atoms with van der Waals surface area (Å²) in [5, 5.41) is 0. The molecular weight excluding hydrogens is 1420 g/mol. The largest absolute Gasteiger partial charge is 0.490 e. The third-order valence-corrected chi connectivity index (χ3v) is 25.5. The van der Waals surface area contributed by atoms with Crippen LogP contribution in [-0.4, -0.2) is 61.2 Å². The molecule has 0 radical (unpaired) electrons. The lowest BCUT2D eigenvalue weighted by Crippen LogP contribution is -2.24. The Morgan fingerprint density at radius 2 is 0.461 bits per heavy atom. The summed E-state index contributed by atoms with van der Waals surface area (Å²) in [6.07, 6.45) is 65.1. The number of ether oxygens (including phenoxy) is 2. The van der Waals surface area contributed by atoms with E-state index in [-0.39, 0.29) is 0 Å². The molecule has 0 aliphatic rings. The molecule has 0 bridgehead atoms. The smallest absolute Gasteiger partial charge is 0.159 e. The summed E-state index contributed by atoms with van der Waals surface area (Å²) in [6.45, 7) is 24.2. The van der Waals surface area contributed by atoms with E-state index in [0.29, 0.717) is 0 Å². The molecule has 0 aliphatic carbocycles. The van der Waals surface area contributed by atoms with E-state index in [4.69, 9.17) is 9.47 Å². The zero-order valence-electron chi connectivity index (χ0n) is 73.1. The van der Waals surface area contributed by atoms with Crippen LogP contribution in [0.2, 0.25) is 25.2 Å². The van der Waals surface area contributed by atoms with Crippen LogP contribution in [0.25, 0.3) is 67.8 Å². The SMILES string of the molecule is CCCCCCCCCCOc1cnc(-c2ccc(C)cc2)nc1.CCCCCCCCCCc1cnc(-c2ccc(C)cc2)nc1.CCCCCCCCc1ccc(-c2ccc(-c3ncc(C)cn3)cc2)cc1.CCCCCCCCc1ccc(-c2ccc(-c3ncc(OCCCCCCCC[Si](C)(C)CCC)cn3)cc2)cc1. The fourth-order valence-corrected chi connectivity index (χ4v) is 17.3. The van der Waals surface area contributed by atoms with Gasteiger partial charge in [-0.3, -0.25) is 0 Å². The lowest BCUT2D eigenvalue weighted by molar-refractivity contribution is 0.302. The van der Waals surface area contributed by atoms with Gasteiger partial charge in [-0.2, -0.15) is 0 Å². The first-order valence-corrected chi connectivity index (χ1v) is 48.8. The number of hydrogen-bond acceptors (Lipinski definition) is 10. The van der Waals surface area contributed by atoms with Crippen molar-refractivity contribution >= 4 is 8.07 Å². The quantitative estimate of drug-likeness (QED) is 0.0269. The molecule has 11 heteroatoms. The topological polar surface area (TPSA) is 122 Å². The van der Waals surface area contributed by atoms with Crippen LogP contribution in [0.5, 0.6) is 11.5 Å². The van der Waals surface area contributed by atoms with Crippen molar-refractivity contribution in [3.63, 3.8) is 0 Å². The highest BCUT2D eigenvalue weighted by Crippen LogP contribution is 2.29. The molecular formula is C104H146N8O2Si. The highest BCUT2D eigenvalue weighted by atomic mass is 28.3. The van der Waals surface area contributed by atoms with Crippen LogP contribution in [0.4, 0.5) is 0 Å². The Kier molecular flexibility index (Phi) is 46.8. The Morgan fingerprint density at radius 1 is 0.217 bits per heavy atom. The van der Waals surface area contributed by atoms with E-state index in [1.165, 1.54) is 287 Å². The van der Waals surface area contributed by atoms with Crippen molar-refractivity contribution in [3.8, 4) is 79.3 Å². The number of hydrogen-bond donors (Lipinski definition) is 0. The summed E-state index contributed by atoms with van der Waals surface area (Å²) >= 11 is 0. The van der Waals surface area contributed by atoms with Gasteiger partial charge in [0.15, 0.2) is 34.8 Å². The molecule has 0 saturated heterocycles. The molecule has 0 saturated carbocycles. The first kappa shape index (κ1) is 93.6. The average molecular weight is 1570 g/mol. The molecule has 6 aromatic carbocycles. The number of aryl methyl sites for hydroxylation is 6. The molecule has 115 heavy (non-hydrogen) atoms. The van der Waals surface area contributed by atoms with Crippen molar-refractivity contribution in [2.75, 3.05) is 13.2 Å². The van der Waals surface area contributed by atoms with Crippen molar-refractivity contribution in [2.24, 2.45) is 0 Å². The summed E-state index contributed by atoms with van der Waals surface area (Å²) in [7, 11) is -0.906. The van der Waals surface area contributed by atoms with E-state index >= 15 is 0 Å². The minimum atomic E-state index is -0.906. The molecule has 0 spiro atoms. The molecule has 10 aromatic rings. The third kappa shape index (κ3) is 39.3. The van der Waals surface area contributed by atoms with Crippen molar-refractivity contribution in [3.05, 3.63) is 229 Å². The Morgan fingerprint density at radius 3 is 0.774 bits per heavy atom. The van der Waals surface area contributed by atoms with E-state index in [9.17, 15) is 0 Å². The third-order valence-electron chi connectivity index (χ3n) is 21.9. The van der Waals surface area contributed by atoms with Crippen LogP contribution in [-0.2, 0) is 19.3 Å². The standard InChI is InChI=1S/C37H56N2OSi.C25H30N2.C21H30N2O.C21H30N2/c1-5-7-8-9-12-15-18-32-19-21-33(22-20-32)34-23-25-35(26-24-34)37-38-30-36(31-39-37)40-27-16-13-10-11-14-17-29-41(3,4)28-6-2;1-3-4-5-6-7-8-9-21-10-12-22(13-11-21)23-14-16-24(17-15-23)25-26-18-20(2)19-27-25;1-3-4-5-6-7-8-9-10-15-24-20-16-22-21(23-17-20)19-13-11-18(2)12-14-19;1-3-4-5-6-7-8-9-10-11-19-16-22-21(23-17-19)20-14-12-18(2)13-15-20/h19-26,30-31H,5-18,27-29H2,1-4H3;10-19H,3-9H2,1-2H3;11-14,16-17H,3-10,15H2,1-2H3;12-17H,3-11H2,1-2H3. The second-order valence-corrected chi connectivity index (χ2v) is 38.3. The van der Waals surface area contributed by atoms with Gasteiger partial charge in [0.05, 0.1) is 38.0 Å². The molecule has 4 heterocycles. The minimum absolute atomic E-state index is 0.739. The predicted molar refractivity (Wildman–Crippen MR) is 494 cm³/mol. The highest BCUT2D eigenvalue weighted by molar-refractivity contribution is 6.77. The van der Waals surface area contributed by atoms with Crippen LogP contribution in [0, 0.1) is 20.8 Å². The Labute approximate surface area is 698 Å². The Bertz CT molecular complexity index is 4040. The van der Waals surface area contributed by atoms with E-state index < -0.39 is 8.07 Å². The van der Waals surface area contributed by atoms with Gasteiger partial charge in [0.25, 0.3) is 0 Å². The molecule has 0 unspecified atom stereocenters. The molecule has 618 valence electrons. The van der Waals surface area contributed by atoms with Crippen molar-refractivity contribution in [1.82, 2.24) is 39.9 Å². The molecule has 0 atom stereocenters. The van der Waals surface area contributed by atoms with Crippen LogP contribution < -0.4 is 9.47 Å². The number of nitrogens with zero attached hydrogens (tertiary/aromatic N) is 8. The maximum atomic E-state index is 5.91. The normalized spacial score (nSPS) is 11.1. The Hall–Kier alpha value is -8.54. The van der Waals surface area contributed by atoms with E-state index in [2.05, 4.69) is 235 Å². The number of rotatable bonds is 51. The van der Waals surface area contributed by atoms with E-state index in [1.807, 2.05) is 43.8 Å². The van der Waals surface area contributed by atoms with Crippen LogP contribution in [0.15, 0.2) is 195 Å². The maximum absolute atomic E-state index is 5.91. The maximum Gasteiger partial charge on any atom is 0.159 e. The lowest BCUT2D eigenvalue weighted by atomic mass is 10.00. The number of unbranched alkanes of at least 4 members (excludes halogenated alkanes) is 29. The fraction of sp³-hybridized carbons (Fsp3) is 0.500.